The summed E-state index contributed by atoms with van der Waals surface area (Å²) >= 11 is 5.84. The Labute approximate surface area is 103 Å². The van der Waals surface area contributed by atoms with Crippen molar-refractivity contribution in [3.05, 3.63) is 29.0 Å². The average Bonchev–Trinajstić information content (AvgIpc) is 2.25. The van der Waals surface area contributed by atoms with Crippen LogP contribution in [-0.4, -0.2) is 11.5 Å². The molecule has 0 bridgehead atoms. The molecule has 0 saturated heterocycles. The van der Waals surface area contributed by atoms with E-state index in [4.69, 9.17) is 11.6 Å². The minimum absolute atomic E-state index is 0.352. The van der Waals surface area contributed by atoms with Gasteiger partial charge in [-0.05, 0) is 37.4 Å². The molecule has 0 saturated carbocycles. The van der Waals surface area contributed by atoms with Gasteiger partial charge in [-0.25, -0.2) is 0 Å². The molecule has 16 heavy (non-hydrogen) atoms. The predicted octanol–water partition coefficient (Wildman–Crippen LogP) is 3.82. The molecule has 0 amide bonds. The maximum absolute atomic E-state index is 5.84. The predicted molar refractivity (Wildman–Crippen MR) is 69.7 cm³/mol. The highest BCUT2D eigenvalue weighted by molar-refractivity contribution is 6.30. The number of halogens is 1. The van der Waals surface area contributed by atoms with Gasteiger partial charge in [-0.1, -0.05) is 32.4 Å². The van der Waals surface area contributed by atoms with Crippen molar-refractivity contribution in [2.45, 2.75) is 39.7 Å². The standard InChI is InChI=1S/C13H21ClN2/c1-4-15-12(7-5-10(2)3)13-8-6-11(14)9-16-13/h6,8-10,12,15H,4-5,7H2,1-3H3. The Kier molecular flexibility index (Phi) is 5.78. The lowest BCUT2D eigenvalue weighted by Gasteiger charge is -2.18. The van der Waals surface area contributed by atoms with Crippen LogP contribution in [0.25, 0.3) is 0 Å². The number of hydrogen-bond acceptors (Lipinski definition) is 2. The van der Waals surface area contributed by atoms with E-state index in [9.17, 15) is 0 Å². The smallest absolute Gasteiger partial charge is 0.0589 e. The van der Waals surface area contributed by atoms with Gasteiger partial charge in [0.1, 0.15) is 0 Å². The zero-order chi connectivity index (χ0) is 12.0. The van der Waals surface area contributed by atoms with Gasteiger partial charge in [-0.2, -0.15) is 0 Å². The Bertz CT molecular complexity index is 295. The van der Waals surface area contributed by atoms with Gasteiger partial charge in [0.15, 0.2) is 0 Å². The Morgan fingerprint density at radius 1 is 1.31 bits per heavy atom. The molecule has 2 nitrogen and oxygen atoms in total. The van der Waals surface area contributed by atoms with E-state index < -0.39 is 0 Å². The van der Waals surface area contributed by atoms with E-state index in [0.717, 1.165) is 24.6 Å². The molecule has 1 N–H and O–H groups in total. The van der Waals surface area contributed by atoms with Gasteiger partial charge in [0, 0.05) is 12.2 Å². The van der Waals surface area contributed by atoms with Crippen molar-refractivity contribution < 1.29 is 0 Å². The molecule has 90 valence electrons. The van der Waals surface area contributed by atoms with Crippen molar-refractivity contribution in [1.29, 1.82) is 0 Å². The molecule has 3 heteroatoms. The highest BCUT2D eigenvalue weighted by Gasteiger charge is 2.11. The number of pyridine rings is 1. The molecule has 0 aliphatic heterocycles. The monoisotopic (exact) mass is 240 g/mol. The molecule has 0 fully saturated rings. The Hall–Kier alpha value is -0.600. The molecule has 1 unspecified atom stereocenters. The summed E-state index contributed by atoms with van der Waals surface area (Å²) in [5.74, 6) is 0.730. The molecule has 0 aliphatic carbocycles. The summed E-state index contributed by atoms with van der Waals surface area (Å²) in [5.41, 5.74) is 1.09. The van der Waals surface area contributed by atoms with Crippen molar-refractivity contribution in [3.8, 4) is 0 Å². The number of nitrogens with zero attached hydrogens (tertiary/aromatic N) is 1. The first-order valence-corrected chi connectivity index (χ1v) is 6.36. The topological polar surface area (TPSA) is 24.9 Å². The van der Waals surface area contributed by atoms with Crippen LogP contribution in [0.2, 0.25) is 5.02 Å². The van der Waals surface area contributed by atoms with Crippen molar-refractivity contribution in [1.82, 2.24) is 10.3 Å². The molecule has 1 heterocycles. The zero-order valence-corrected chi connectivity index (χ0v) is 11.1. The number of aromatic nitrogens is 1. The lowest BCUT2D eigenvalue weighted by atomic mass is 10.0. The summed E-state index contributed by atoms with van der Waals surface area (Å²) in [4.78, 5) is 4.38. The van der Waals surface area contributed by atoms with Crippen molar-refractivity contribution in [2.75, 3.05) is 6.54 Å². The fourth-order valence-corrected chi connectivity index (χ4v) is 1.81. The van der Waals surface area contributed by atoms with E-state index in [2.05, 4.69) is 31.1 Å². The van der Waals surface area contributed by atoms with Crippen LogP contribution < -0.4 is 5.32 Å². The van der Waals surface area contributed by atoms with Gasteiger partial charge in [-0.15, -0.1) is 0 Å². The lowest BCUT2D eigenvalue weighted by molar-refractivity contribution is 0.441. The summed E-state index contributed by atoms with van der Waals surface area (Å²) in [6, 6.07) is 4.27. The number of rotatable bonds is 6. The Balaban J connectivity index is 2.64. The largest absolute Gasteiger partial charge is 0.309 e. The van der Waals surface area contributed by atoms with Crippen molar-refractivity contribution in [2.24, 2.45) is 5.92 Å². The van der Waals surface area contributed by atoms with Gasteiger partial charge in [-0.3, -0.25) is 4.98 Å². The van der Waals surface area contributed by atoms with Gasteiger partial charge in [0.25, 0.3) is 0 Å². The minimum Gasteiger partial charge on any atom is -0.309 e. The van der Waals surface area contributed by atoms with Crippen molar-refractivity contribution >= 4 is 11.6 Å². The summed E-state index contributed by atoms with van der Waals surface area (Å²) in [6.07, 6.45) is 4.05. The normalized spacial score (nSPS) is 13.1. The van der Waals surface area contributed by atoms with Crippen LogP contribution in [0.4, 0.5) is 0 Å². The summed E-state index contributed by atoms with van der Waals surface area (Å²) < 4.78 is 0. The van der Waals surface area contributed by atoms with Crippen LogP contribution in [0.15, 0.2) is 18.3 Å². The van der Waals surface area contributed by atoms with Crippen LogP contribution in [-0.2, 0) is 0 Å². The van der Waals surface area contributed by atoms with E-state index in [1.165, 1.54) is 6.42 Å². The second kappa shape index (κ2) is 6.87. The SMILES string of the molecule is CCNC(CCC(C)C)c1ccc(Cl)cn1. The molecule has 0 aliphatic rings. The Morgan fingerprint density at radius 2 is 2.06 bits per heavy atom. The van der Waals surface area contributed by atoms with E-state index in [0.29, 0.717) is 11.1 Å². The summed E-state index contributed by atoms with van der Waals surface area (Å²) in [5, 5.41) is 4.17. The lowest BCUT2D eigenvalue weighted by Crippen LogP contribution is -2.22. The summed E-state index contributed by atoms with van der Waals surface area (Å²) in [7, 11) is 0. The third-order valence-corrected chi connectivity index (χ3v) is 2.81. The molecule has 1 aromatic heterocycles. The maximum atomic E-state index is 5.84. The minimum atomic E-state index is 0.352. The van der Waals surface area contributed by atoms with Crippen LogP contribution in [0, 0.1) is 5.92 Å². The molecular weight excluding hydrogens is 220 g/mol. The molecule has 1 atom stereocenters. The van der Waals surface area contributed by atoms with Crippen LogP contribution in [0.5, 0.6) is 0 Å². The highest BCUT2D eigenvalue weighted by atomic mass is 35.5. The van der Waals surface area contributed by atoms with Crippen LogP contribution >= 0.6 is 11.6 Å². The third-order valence-electron chi connectivity index (χ3n) is 2.59. The zero-order valence-electron chi connectivity index (χ0n) is 10.3. The summed E-state index contributed by atoms with van der Waals surface area (Å²) in [6.45, 7) is 7.59. The quantitative estimate of drug-likeness (QED) is 0.818. The second-order valence-electron chi connectivity index (χ2n) is 4.48. The van der Waals surface area contributed by atoms with E-state index in [1.54, 1.807) is 6.20 Å². The first kappa shape index (κ1) is 13.5. The van der Waals surface area contributed by atoms with Crippen LogP contribution in [0.1, 0.15) is 45.3 Å². The van der Waals surface area contributed by atoms with Gasteiger partial charge in [0.2, 0.25) is 0 Å². The average molecular weight is 241 g/mol. The fourth-order valence-electron chi connectivity index (χ4n) is 1.69. The third kappa shape index (κ3) is 4.50. The van der Waals surface area contributed by atoms with Gasteiger partial charge >= 0.3 is 0 Å². The maximum Gasteiger partial charge on any atom is 0.0589 e. The van der Waals surface area contributed by atoms with E-state index in [-0.39, 0.29) is 0 Å². The molecule has 0 spiro atoms. The fraction of sp³-hybridized carbons (Fsp3) is 0.615. The van der Waals surface area contributed by atoms with Crippen molar-refractivity contribution in [3.63, 3.8) is 0 Å². The Morgan fingerprint density at radius 3 is 2.56 bits per heavy atom. The molecule has 0 aromatic carbocycles. The first-order chi connectivity index (χ1) is 7.63. The molecule has 1 aromatic rings. The molecule has 1 rings (SSSR count). The first-order valence-electron chi connectivity index (χ1n) is 5.98. The molecular formula is C13H21ClN2. The van der Waals surface area contributed by atoms with E-state index in [1.807, 2.05) is 12.1 Å². The second-order valence-corrected chi connectivity index (χ2v) is 4.92. The van der Waals surface area contributed by atoms with E-state index >= 15 is 0 Å². The molecule has 0 radical (unpaired) electrons. The van der Waals surface area contributed by atoms with Crippen LogP contribution in [0.3, 0.4) is 0 Å². The highest BCUT2D eigenvalue weighted by Crippen LogP contribution is 2.20. The number of nitrogens with one attached hydrogen (secondary N) is 1. The number of hydrogen-bond donors (Lipinski definition) is 1. The van der Waals surface area contributed by atoms with Gasteiger partial charge in [0.05, 0.1) is 10.7 Å². The van der Waals surface area contributed by atoms with Gasteiger partial charge < -0.3 is 5.32 Å².